The molecule has 0 atom stereocenters. The Hall–Kier alpha value is -1.52. The van der Waals surface area contributed by atoms with E-state index < -0.39 is 0 Å². The van der Waals surface area contributed by atoms with Crippen LogP contribution < -0.4 is 5.32 Å². The van der Waals surface area contributed by atoms with Gasteiger partial charge in [0.05, 0.1) is 0 Å². The molecule has 1 heteroatoms. The quantitative estimate of drug-likeness (QED) is 0.376. The van der Waals surface area contributed by atoms with Gasteiger partial charge in [0.25, 0.3) is 0 Å². The molecule has 1 rings (SSSR count). The van der Waals surface area contributed by atoms with E-state index in [4.69, 9.17) is 0 Å². The minimum Gasteiger partial charge on any atom is -0.313 e. The van der Waals surface area contributed by atoms with Crippen LogP contribution in [0.3, 0.4) is 0 Å². The fourth-order valence-corrected chi connectivity index (χ4v) is 2.43. The lowest BCUT2D eigenvalue weighted by molar-refractivity contribution is 0.608. The van der Waals surface area contributed by atoms with Gasteiger partial charge >= 0.3 is 0 Å². The van der Waals surface area contributed by atoms with Gasteiger partial charge in [-0.15, -0.1) is 0 Å². The highest BCUT2D eigenvalue weighted by Gasteiger charge is 1.91. The minimum absolute atomic E-state index is 0.976. The summed E-state index contributed by atoms with van der Waals surface area (Å²) < 4.78 is 0. The summed E-state index contributed by atoms with van der Waals surface area (Å²) in [5, 5.41) is 3.49. The molecule has 1 nitrogen and oxygen atoms in total. The Balaban J connectivity index is 1.86. The van der Waals surface area contributed by atoms with Crippen molar-refractivity contribution < 1.29 is 0 Å². The summed E-state index contributed by atoms with van der Waals surface area (Å²) in [7, 11) is 0. The molecule has 0 aliphatic carbocycles. The molecule has 0 amide bonds. The van der Waals surface area contributed by atoms with E-state index in [-0.39, 0.29) is 0 Å². The first-order valence-corrected chi connectivity index (χ1v) is 9.31. The highest BCUT2D eigenvalue weighted by atomic mass is 14.8. The van der Waals surface area contributed by atoms with E-state index in [9.17, 15) is 0 Å². The van der Waals surface area contributed by atoms with Crippen molar-refractivity contribution in [1.82, 2.24) is 5.32 Å². The van der Waals surface area contributed by atoms with Crippen molar-refractivity contribution in [2.45, 2.75) is 71.3 Å². The SMILES string of the molecule is CCCCCC/C=C/C#CCCCCCNCc1ccccc1. The van der Waals surface area contributed by atoms with E-state index in [1.165, 1.54) is 56.9 Å². The maximum Gasteiger partial charge on any atom is 0.0205 e. The van der Waals surface area contributed by atoms with Gasteiger partial charge in [-0.05, 0) is 43.9 Å². The summed E-state index contributed by atoms with van der Waals surface area (Å²) in [5.74, 6) is 6.40. The fraction of sp³-hybridized carbons (Fsp3) is 0.545. The van der Waals surface area contributed by atoms with Crippen LogP contribution in [0.2, 0.25) is 0 Å². The van der Waals surface area contributed by atoms with Gasteiger partial charge in [0, 0.05) is 13.0 Å². The summed E-state index contributed by atoms with van der Waals surface area (Å²) in [6, 6.07) is 10.6. The van der Waals surface area contributed by atoms with Crippen LogP contribution in [0.5, 0.6) is 0 Å². The summed E-state index contributed by atoms with van der Waals surface area (Å²) >= 11 is 0. The van der Waals surface area contributed by atoms with Crippen LogP contribution in [0.15, 0.2) is 42.5 Å². The summed E-state index contributed by atoms with van der Waals surface area (Å²) in [4.78, 5) is 0. The number of benzene rings is 1. The second kappa shape index (κ2) is 15.4. The smallest absolute Gasteiger partial charge is 0.0205 e. The number of rotatable bonds is 12. The second-order valence-electron chi connectivity index (χ2n) is 6.05. The van der Waals surface area contributed by atoms with Gasteiger partial charge in [-0.3, -0.25) is 0 Å². The highest BCUT2D eigenvalue weighted by Crippen LogP contribution is 2.03. The van der Waals surface area contributed by atoms with Gasteiger partial charge in [0.15, 0.2) is 0 Å². The van der Waals surface area contributed by atoms with Crippen LogP contribution in [-0.4, -0.2) is 6.54 Å². The molecule has 0 heterocycles. The summed E-state index contributed by atoms with van der Waals surface area (Å²) in [5.41, 5.74) is 1.36. The van der Waals surface area contributed by atoms with Crippen LogP contribution in [-0.2, 0) is 6.54 Å². The Morgan fingerprint density at radius 3 is 2.61 bits per heavy atom. The predicted molar refractivity (Wildman–Crippen MR) is 102 cm³/mol. The van der Waals surface area contributed by atoms with E-state index >= 15 is 0 Å². The molecule has 0 radical (unpaired) electrons. The molecule has 1 aromatic carbocycles. The average Bonchev–Trinajstić information content (AvgIpc) is 2.59. The van der Waals surface area contributed by atoms with Crippen molar-refractivity contribution in [2.24, 2.45) is 0 Å². The first-order chi connectivity index (χ1) is 11.4. The molecule has 0 aliphatic heterocycles. The molecule has 0 saturated heterocycles. The standard InChI is InChI=1S/C22H33N/c1-2-3-4-5-6-7-8-9-10-11-12-13-17-20-23-21-22-18-15-14-16-19-22/h7-8,14-16,18-19,23H,2-6,11-13,17,20-21H2,1H3/b8-7+. The fourth-order valence-electron chi connectivity index (χ4n) is 2.43. The predicted octanol–water partition coefficient (Wildman–Crippen LogP) is 5.87. The molecule has 1 N–H and O–H groups in total. The molecule has 0 saturated carbocycles. The van der Waals surface area contributed by atoms with Crippen LogP contribution in [0.1, 0.15) is 70.3 Å². The van der Waals surface area contributed by atoms with Crippen molar-refractivity contribution in [3.05, 3.63) is 48.0 Å². The zero-order valence-corrected chi connectivity index (χ0v) is 14.8. The Bertz CT molecular complexity index is 450. The molecule has 0 aliphatic rings. The normalized spacial score (nSPS) is 10.7. The third-order valence-corrected chi connectivity index (χ3v) is 3.85. The lowest BCUT2D eigenvalue weighted by Crippen LogP contribution is -2.14. The van der Waals surface area contributed by atoms with E-state index in [1.54, 1.807) is 0 Å². The van der Waals surface area contributed by atoms with Crippen molar-refractivity contribution in [3.63, 3.8) is 0 Å². The molecule has 0 bridgehead atoms. The second-order valence-corrected chi connectivity index (χ2v) is 6.05. The molecule has 0 unspecified atom stereocenters. The molecule has 126 valence electrons. The number of hydrogen-bond donors (Lipinski definition) is 1. The zero-order chi connectivity index (χ0) is 16.4. The van der Waals surface area contributed by atoms with E-state index in [0.29, 0.717) is 0 Å². The molecule has 0 fully saturated rings. The Morgan fingerprint density at radius 1 is 0.957 bits per heavy atom. The van der Waals surface area contributed by atoms with Gasteiger partial charge in [0.1, 0.15) is 0 Å². The first-order valence-electron chi connectivity index (χ1n) is 9.31. The van der Waals surface area contributed by atoms with Crippen molar-refractivity contribution in [1.29, 1.82) is 0 Å². The maximum atomic E-state index is 3.49. The minimum atomic E-state index is 0.976. The topological polar surface area (TPSA) is 12.0 Å². The molecular weight excluding hydrogens is 278 g/mol. The lowest BCUT2D eigenvalue weighted by atomic mass is 10.1. The van der Waals surface area contributed by atoms with Crippen LogP contribution in [0.4, 0.5) is 0 Å². The maximum absolute atomic E-state index is 3.49. The van der Waals surface area contributed by atoms with E-state index in [1.807, 2.05) is 6.08 Å². The number of allylic oxidation sites excluding steroid dienone is 2. The van der Waals surface area contributed by atoms with Crippen LogP contribution >= 0.6 is 0 Å². The zero-order valence-electron chi connectivity index (χ0n) is 14.8. The molecule has 1 aromatic rings. The Labute approximate surface area is 143 Å². The Morgan fingerprint density at radius 2 is 1.78 bits per heavy atom. The van der Waals surface area contributed by atoms with Gasteiger partial charge < -0.3 is 5.32 Å². The van der Waals surface area contributed by atoms with Crippen LogP contribution in [0.25, 0.3) is 0 Å². The molecule has 23 heavy (non-hydrogen) atoms. The van der Waals surface area contributed by atoms with Crippen molar-refractivity contribution in [2.75, 3.05) is 6.54 Å². The third kappa shape index (κ3) is 12.7. The van der Waals surface area contributed by atoms with Crippen molar-refractivity contribution >= 4 is 0 Å². The monoisotopic (exact) mass is 311 g/mol. The van der Waals surface area contributed by atoms with Gasteiger partial charge in [-0.2, -0.15) is 0 Å². The van der Waals surface area contributed by atoms with Gasteiger partial charge in [-0.1, -0.05) is 80.9 Å². The third-order valence-electron chi connectivity index (χ3n) is 3.85. The van der Waals surface area contributed by atoms with Crippen molar-refractivity contribution in [3.8, 4) is 11.8 Å². The Kier molecular flexibility index (Phi) is 13.1. The number of nitrogens with one attached hydrogen (secondary N) is 1. The van der Waals surface area contributed by atoms with Gasteiger partial charge in [-0.25, -0.2) is 0 Å². The average molecular weight is 312 g/mol. The molecular formula is C22H33N. The van der Waals surface area contributed by atoms with Gasteiger partial charge in [0.2, 0.25) is 0 Å². The molecule has 0 aromatic heterocycles. The summed E-state index contributed by atoms with van der Waals surface area (Å²) in [6.07, 6.45) is 15.5. The summed E-state index contributed by atoms with van der Waals surface area (Å²) in [6.45, 7) is 4.32. The van der Waals surface area contributed by atoms with E-state index in [0.717, 1.165) is 19.5 Å². The lowest BCUT2D eigenvalue weighted by Gasteiger charge is -2.04. The largest absolute Gasteiger partial charge is 0.313 e. The number of hydrogen-bond acceptors (Lipinski definition) is 1. The van der Waals surface area contributed by atoms with E-state index in [2.05, 4.69) is 60.5 Å². The highest BCUT2D eigenvalue weighted by molar-refractivity contribution is 5.15. The first kappa shape index (κ1) is 19.5. The molecule has 0 spiro atoms. The van der Waals surface area contributed by atoms with Crippen LogP contribution in [0, 0.1) is 11.8 Å². The number of unbranched alkanes of at least 4 members (excludes halogenated alkanes) is 7.